The number of benzene rings is 2. The van der Waals surface area contributed by atoms with E-state index in [4.69, 9.17) is 21.1 Å². The highest BCUT2D eigenvalue weighted by Gasteiger charge is 2.40. The first-order valence-corrected chi connectivity index (χ1v) is 17.0. The van der Waals surface area contributed by atoms with Gasteiger partial charge in [0, 0.05) is 49.8 Å². The Kier molecular flexibility index (Phi) is 9.85. The maximum Gasteiger partial charge on any atom is 0.257 e. The summed E-state index contributed by atoms with van der Waals surface area (Å²) in [6.45, 7) is 9.61. The summed E-state index contributed by atoms with van der Waals surface area (Å²) in [6, 6.07) is 13.6. The van der Waals surface area contributed by atoms with Crippen molar-refractivity contribution in [1.82, 2.24) is 14.4 Å². The Bertz CT molecular complexity index is 1510. The molecular weight excluding hydrogens is 588 g/mol. The fraction of sp³-hybridized carbons (Fsp3) is 0.556. The van der Waals surface area contributed by atoms with Crippen molar-refractivity contribution in [2.45, 2.75) is 89.7 Å². The van der Waals surface area contributed by atoms with E-state index in [1.54, 1.807) is 12.1 Å². The van der Waals surface area contributed by atoms with E-state index in [9.17, 15) is 9.59 Å². The average Bonchev–Trinajstić information content (AvgIpc) is 3.59. The van der Waals surface area contributed by atoms with Crippen LogP contribution in [0.2, 0.25) is 5.02 Å². The summed E-state index contributed by atoms with van der Waals surface area (Å²) < 4.78 is 14.4. The van der Waals surface area contributed by atoms with Gasteiger partial charge in [-0.1, -0.05) is 42.8 Å². The van der Waals surface area contributed by atoms with Crippen molar-refractivity contribution in [3.63, 3.8) is 0 Å². The highest BCUT2D eigenvalue weighted by Crippen LogP contribution is 2.31. The van der Waals surface area contributed by atoms with Crippen molar-refractivity contribution in [2.75, 3.05) is 31.6 Å². The molecule has 6 rings (SSSR count). The van der Waals surface area contributed by atoms with E-state index in [1.807, 2.05) is 53.0 Å². The van der Waals surface area contributed by atoms with E-state index in [0.717, 1.165) is 54.7 Å². The molecule has 0 radical (unpaired) electrons. The van der Waals surface area contributed by atoms with Gasteiger partial charge in [-0.05, 0) is 75.6 Å². The molecule has 3 aromatic rings. The zero-order chi connectivity index (χ0) is 31.7. The number of rotatable bonds is 8. The van der Waals surface area contributed by atoms with Crippen LogP contribution in [0.1, 0.15) is 68.8 Å². The Balaban J connectivity index is 1.12. The number of hydrogen-bond donors (Lipinski definition) is 1. The van der Waals surface area contributed by atoms with Gasteiger partial charge >= 0.3 is 0 Å². The van der Waals surface area contributed by atoms with Gasteiger partial charge in [-0.2, -0.15) is 0 Å². The zero-order valence-corrected chi connectivity index (χ0v) is 27.8. The standard InChI is InChI=1S/C36H47ClN4O4/c1-23-9-12-29(13-10-23)44-22-28-17-27(40-18-24(2)45-25(3)19-40)20-41(28)35(42)16-26-11-14-33(32(37)15-26)38-36(43)31-21-39(4)34-8-6-5-7-30(31)34/h5-8,11,14-15,21,23-25,27-29H,9-10,12-13,16-20,22H2,1-4H3,(H,38,43)/t23-,24-,25+,27-,28-,29-/m0/s1. The van der Waals surface area contributed by atoms with Crippen molar-refractivity contribution in [3.05, 3.63) is 64.8 Å². The van der Waals surface area contributed by atoms with Crippen molar-refractivity contribution in [2.24, 2.45) is 13.0 Å². The molecule has 3 heterocycles. The number of nitrogens with zero attached hydrogens (tertiary/aromatic N) is 3. The SMILES string of the molecule is C[C@@H]1CN([C@H]2C[C@@H](CO[C@H]3CC[C@H](C)CC3)N(C(=O)Cc3ccc(NC(=O)c4cn(C)c5ccccc45)c(Cl)c3)C2)C[C@H](C)O1. The van der Waals surface area contributed by atoms with Crippen LogP contribution in [0, 0.1) is 5.92 Å². The maximum absolute atomic E-state index is 13.9. The van der Waals surface area contributed by atoms with E-state index in [1.165, 1.54) is 12.8 Å². The van der Waals surface area contributed by atoms with Gasteiger partial charge in [0.05, 0.1) is 53.7 Å². The van der Waals surface area contributed by atoms with Crippen LogP contribution >= 0.6 is 11.6 Å². The molecular formula is C36H47ClN4O4. The molecule has 242 valence electrons. The van der Waals surface area contributed by atoms with Crippen molar-refractivity contribution < 1.29 is 19.1 Å². The lowest BCUT2D eigenvalue weighted by molar-refractivity contribution is -0.133. The Labute approximate surface area is 272 Å². The summed E-state index contributed by atoms with van der Waals surface area (Å²) in [5, 5.41) is 4.26. The first-order valence-electron chi connectivity index (χ1n) is 16.6. The minimum atomic E-state index is -0.220. The molecule has 0 bridgehead atoms. The van der Waals surface area contributed by atoms with Crippen LogP contribution in [0.25, 0.3) is 10.9 Å². The van der Waals surface area contributed by atoms with Crippen LogP contribution in [0.4, 0.5) is 5.69 Å². The summed E-state index contributed by atoms with van der Waals surface area (Å²) >= 11 is 6.67. The first-order chi connectivity index (χ1) is 21.6. The third kappa shape index (κ3) is 7.40. The number of anilines is 1. The number of nitrogens with one attached hydrogen (secondary N) is 1. The summed E-state index contributed by atoms with van der Waals surface area (Å²) in [7, 11) is 1.93. The van der Waals surface area contributed by atoms with E-state index in [2.05, 4.69) is 31.0 Å². The smallest absolute Gasteiger partial charge is 0.257 e. The van der Waals surface area contributed by atoms with Crippen LogP contribution < -0.4 is 5.32 Å². The van der Waals surface area contributed by atoms with E-state index >= 15 is 0 Å². The molecule has 2 saturated heterocycles. The number of para-hydroxylation sites is 1. The average molecular weight is 635 g/mol. The first kappa shape index (κ1) is 32.0. The Morgan fingerprint density at radius 3 is 2.47 bits per heavy atom. The summed E-state index contributed by atoms with van der Waals surface area (Å²) in [5.74, 6) is 0.637. The predicted octanol–water partition coefficient (Wildman–Crippen LogP) is 6.30. The molecule has 1 aliphatic carbocycles. The maximum atomic E-state index is 13.9. The van der Waals surface area contributed by atoms with Crippen molar-refractivity contribution in [3.8, 4) is 0 Å². The van der Waals surface area contributed by atoms with Gasteiger partial charge in [0.25, 0.3) is 5.91 Å². The molecule has 0 spiro atoms. The third-order valence-electron chi connectivity index (χ3n) is 9.94. The number of fused-ring (bicyclic) bond motifs is 1. The van der Waals surface area contributed by atoms with Gasteiger partial charge in [-0.15, -0.1) is 0 Å². The van der Waals surface area contributed by atoms with Gasteiger partial charge in [0.15, 0.2) is 0 Å². The number of amides is 2. The molecule has 3 fully saturated rings. The molecule has 2 aromatic carbocycles. The Hall–Kier alpha value is -2.91. The second-order valence-electron chi connectivity index (χ2n) is 13.6. The predicted molar refractivity (Wildman–Crippen MR) is 179 cm³/mol. The number of carbonyl (C=O) groups is 2. The molecule has 3 aliphatic rings. The van der Waals surface area contributed by atoms with Crippen molar-refractivity contribution in [1.29, 1.82) is 0 Å². The molecule has 4 atom stereocenters. The number of likely N-dealkylation sites (tertiary alicyclic amines) is 1. The van der Waals surface area contributed by atoms with Crippen molar-refractivity contribution >= 4 is 40.0 Å². The number of carbonyl (C=O) groups excluding carboxylic acids is 2. The zero-order valence-electron chi connectivity index (χ0n) is 27.0. The number of aryl methyl sites for hydroxylation is 1. The molecule has 9 heteroatoms. The third-order valence-corrected chi connectivity index (χ3v) is 10.3. The quantitative estimate of drug-likeness (QED) is 0.315. The molecule has 2 aliphatic heterocycles. The monoisotopic (exact) mass is 634 g/mol. The lowest BCUT2D eigenvalue weighted by Crippen LogP contribution is -2.51. The summed E-state index contributed by atoms with van der Waals surface area (Å²) in [5.41, 5.74) is 2.93. The van der Waals surface area contributed by atoms with Gasteiger partial charge in [-0.25, -0.2) is 0 Å². The lowest BCUT2D eigenvalue weighted by Gasteiger charge is -2.38. The van der Waals surface area contributed by atoms with Crippen LogP contribution in [-0.2, 0) is 27.7 Å². The lowest BCUT2D eigenvalue weighted by atomic mass is 9.89. The van der Waals surface area contributed by atoms with Gasteiger partial charge in [0.1, 0.15) is 0 Å². The highest BCUT2D eigenvalue weighted by molar-refractivity contribution is 6.34. The number of hydrogen-bond acceptors (Lipinski definition) is 5. The molecule has 0 unspecified atom stereocenters. The number of morpholine rings is 1. The fourth-order valence-corrected chi connectivity index (χ4v) is 7.79. The van der Waals surface area contributed by atoms with Crippen LogP contribution in [0.3, 0.4) is 0 Å². The number of ether oxygens (including phenoxy) is 2. The van der Waals surface area contributed by atoms with Crippen LogP contribution in [-0.4, -0.2) is 82.8 Å². The second-order valence-corrected chi connectivity index (χ2v) is 14.0. The minimum absolute atomic E-state index is 0.0463. The number of aromatic nitrogens is 1. The molecule has 1 aromatic heterocycles. The normalized spacial score (nSPS) is 27.6. The second kappa shape index (κ2) is 13.8. The fourth-order valence-electron chi connectivity index (χ4n) is 7.54. The molecule has 8 nitrogen and oxygen atoms in total. The minimum Gasteiger partial charge on any atom is -0.376 e. The molecule has 1 N–H and O–H groups in total. The molecule has 45 heavy (non-hydrogen) atoms. The van der Waals surface area contributed by atoms with E-state index in [0.29, 0.717) is 29.4 Å². The van der Waals surface area contributed by atoms with Crippen LogP contribution in [0.15, 0.2) is 48.7 Å². The van der Waals surface area contributed by atoms with Gasteiger partial charge in [-0.3, -0.25) is 14.5 Å². The van der Waals surface area contributed by atoms with Gasteiger partial charge in [0.2, 0.25) is 5.91 Å². The highest BCUT2D eigenvalue weighted by atomic mass is 35.5. The summed E-state index contributed by atoms with van der Waals surface area (Å²) in [4.78, 5) is 31.6. The molecule has 1 saturated carbocycles. The largest absolute Gasteiger partial charge is 0.376 e. The summed E-state index contributed by atoms with van der Waals surface area (Å²) in [6.07, 6.45) is 8.27. The van der Waals surface area contributed by atoms with E-state index in [-0.39, 0.29) is 48.6 Å². The molecule has 2 amide bonds. The Morgan fingerprint density at radius 2 is 1.73 bits per heavy atom. The van der Waals surface area contributed by atoms with E-state index < -0.39 is 0 Å². The number of halogens is 1. The van der Waals surface area contributed by atoms with Gasteiger partial charge < -0.3 is 24.3 Å². The van der Waals surface area contributed by atoms with Crippen LogP contribution in [0.5, 0.6) is 0 Å². The Morgan fingerprint density at radius 1 is 1.00 bits per heavy atom. The topological polar surface area (TPSA) is 76.0 Å².